The van der Waals surface area contributed by atoms with Crippen molar-refractivity contribution in [1.29, 1.82) is 0 Å². The first-order chi connectivity index (χ1) is 15.2. The van der Waals surface area contributed by atoms with E-state index in [4.69, 9.17) is 4.74 Å². The smallest absolute Gasteiger partial charge is 0.156 e. The third-order valence-electron chi connectivity index (χ3n) is 7.11. The quantitative estimate of drug-likeness (QED) is 0.565. The molecular formula is C22H29N5O3S. The van der Waals surface area contributed by atoms with Gasteiger partial charge in [0.1, 0.15) is 17.3 Å². The molecule has 0 amide bonds. The molecule has 1 aliphatic heterocycles. The third kappa shape index (κ3) is 3.94. The minimum atomic E-state index is -2.49. The van der Waals surface area contributed by atoms with Gasteiger partial charge in [0.15, 0.2) is 10.7 Å². The van der Waals surface area contributed by atoms with Gasteiger partial charge in [0.25, 0.3) is 0 Å². The molecule has 2 aliphatic rings. The van der Waals surface area contributed by atoms with E-state index in [1.54, 1.807) is 19.6 Å². The molecule has 1 N–H and O–H groups in total. The number of methoxy groups -OCH3 is 1. The predicted octanol–water partition coefficient (Wildman–Crippen LogP) is 2.69. The van der Waals surface area contributed by atoms with Crippen molar-refractivity contribution in [3.63, 3.8) is 0 Å². The van der Waals surface area contributed by atoms with Crippen LogP contribution in [0.4, 0.5) is 0 Å². The van der Waals surface area contributed by atoms with Crippen LogP contribution in [-0.4, -0.2) is 65.4 Å². The summed E-state index contributed by atoms with van der Waals surface area (Å²) in [5.41, 5.74) is 2.78. The molecule has 1 saturated heterocycles. The summed E-state index contributed by atoms with van der Waals surface area (Å²) in [4.78, 5) is 18.9. The maximum Gasteiger partial charge on any atom is 0.156 e. The van der Waals surface area contributed by atoms with Gasteiger partial charge < -0.3 is 9.72 Å². The minimum absolute atomic E-state index is 0.181. The molecule has 3 aromatic heterocycles. The van der Waals surface area contributed by atoms with Crippen LogP contribution in [0.15, 0.2) is 24.8 Å². The average Bonchev–Trinajstić information content (AvgIpc) is 3.44. The van der Waals surface area contributed by atoms with Crippen molar-refractivity contribution in [2.24, 2.45) is 11.8 Å². The van der Waals surface area contributed by atoms with Gasteiger partial charge in [0, 0.05) is 36.5 Å². The highest BCUT2D eigenvalue weighted by molar-refractivity contribution is 7.73. The monoisotopic (exact) mass is 443 g/mol. The lowest BCUT2D eigenvalue weighted by atomic mass is 9.79. The lowest BCUT2D eigenvalue weighted by Gasteiger charge is -2.35. The van der Waals surface area contributed by atoms with E-state index in [1.165, 1.54) is 0 Å². The predicted molar refractivity (Wildman–Crippen MR) is 120 cm³/mol. The molecule has 2 unspecified atom stereocenters. The van der Waals surface area contributed by atoms with Gasteiger partial charge in [0.2, 0.25) is 0 Å². The van der Waals surface area contributed by atoms with Crippen LogP contribution in [0.2, 0.25) is 0 Å². The Bertz CT molecular complexity index is 1130. The Morgan fingerprint density at radius 1 is 1.19 bits per heavy atom. The summed E-state index contributed by atoms with van der Waals surface area (Å²) in [6, 6.07) is 2.03. The minimum Gasteiger partial charge on any atom is -0.384 e. The number of hydrogen-bond donors (Lipinski definition) is 2. The van der Waals surface area contributed by atoms with Crippen LogP contribution in [0, 0.1) is 11.8 Å². The molecule has 0 radical (unpaired) electrons. The fourth-order valence-electron chi connectivity index (χ4n) is 5.66. The van der Waals surface area contributed by atoms with Crippen molar-refractivity contribution < 1.29 is 13.2 Å². The number of nitrogens with one attached hydrogen (secondary N) is 1. The van der Waals surface area contributed by atoms with Gasteiger partial charge in [-0.2, -0.15) is 0 Å². The van der Waals surface area contributed by atoms with E-state index < -0.39 is 10.7 Å². The maximum atomic E-state index is 12.2. The molecular weight excluding hydrogens is 414 g/mol. The second-order valence-corrected chi connectivity index (χ2v) is 10.0. The Hall–Kier alpha value is -2.10. The molecule has 2 fully saturated rings. The molecule has 31 heavy (non-hydrogen) atoms. The van der Waals surface area contributed by atoms with Gasteiger partial charge in [-0.1, -0.05) is 0 Å². The van der Waals surface area contributed by atoms with E-state index in [2.05, 4.69) is 24.8 Å². The summed E-state index contributed by atoms with van der Waals surface area (Å²) in [5.74, 6) is 0.927. The third-order valence-corrected chi connectivity index (χ3v) is 8.29. The summed E-state index contributed by atoms with van der Waals surface area (Å²) < 4.78 is 29.7. The summed E-state index contributed by atoms with van der Waals surface area (Å²) in [5, 5.41) is 1.77. The van der Waals surface area contributed by atoms with Crippen LogP contribution in [-0.2, 0) is 15.4 Å². The number of aromatic nitrogens is 4. The number of fused-ring (bicyclic) bond motifs is 3. The standard InChI is InChI=1S/C22H29N5O3S/c1-30-12-14-7-9-27(11-14)22(31(28)29)16-4-2-15(3-5-16)20-19-17-6-8-23-21(17)24-10-18(19)25-13-26-20/h6,8,10,13-16,22,31H,2-5,7,9,11-12H2,1H3,(H,23,24). The molecule has 5 rings (SSSR count). The first-order valence-electron chi connectivity index (χ1n) is 11.1. The lowest BCUT2D eigenvalue weighted by molar-refractivity contribution is 0.142. The number of nitrogens with zero attached hydrogens (tertiary/aromatic N) is 4. The van der Waals surface area contributed by atoms with Crippen molar-refractivity contribution in [1.82, 2.24) is 24.8 Å². The molecule has 0 bridgehead atoms. The van der Waals surface area contributed by atoms with Crippen LogP contribution < -0.4 is 0 Å². The summed E-state index contributed by atoms with van der Waals surface area (Å²) >= 11 is 0. The first kappa shape index (κ1) is 20.8. The Balaban J connectivity index is 1.35. The molecule has 3 aromatic rings. The topological polar surface area (TPSA) is 101 Å². The van der Waals surface area contributed by atoms with Gasteiger partial charge in [-0.3, -0.25) is 4.90 Å². The lowest BCUT2D eigenvalue weighted by Crippen LogP contribution is -2.42. The second kappa shape index (κ2) is 8.80. The molecule has 166 valence electrons. The normalized spacial score (nSPS) is 26.2. The van der Waals surface area contributed by atoms with Gasteiger partial charge in [-0.05, 0) is 56.6 Å². The van der Waals surface area contributed by atoms with Crippen LogP contribution in [0.3, 0.4) is 0 Å². The number of H-pyrrole nitrogens is 1. The Kier molecular flexibility index (Phi) is 5.90. The summed E-state index contributed by atoms with van der Waals surface area (Å²) in [7, 11) is -0.781. The van der Waals surface area contributed by atoms with Crippen molar-refractivity contribution in [2.45, 2.75) is 43.4 Å². The number of likely N-dealkylation sites (tertiary alicyclic amines) is 1. The zero-order valence-corrected chi connectivity index (χ0v) is 18.6. The fourth-order valence-corrected chi connectivity index (χ4v) is 6.78. The van der Waals surface area contributed by atoms with E-state index in [1.807, 2.05) is 12.3 Å². The van der Waals surface area contributed by atoms with E-state index in [0.29, 0.717) is 18.4 Å². The van der Waals surface area contributed by atoms with Gasteiger partial charge in [0.05, 0.1) is 24.0 Å². The SMILES string of the molecule is COCC1CCN(C(C2CCC(c3ncnc4cnc5[nH]ccc5c34)CC2)[SH](=O)=O)C1. The second-order valence-electron chi connectivity index (χ2n) is 8.93. The van der Waals surface area contributed by atoms with E-state index >= 15 is 0 Å². The van der Waals surface area contributed by atoms with Crippen molar-refractivity contribution in [3.8, 4) is 0 Å². The van der Waals surface area contributed by atoms with E-state index in [9.17, 15) is 8.42 Å². The average molecular weight is 444 g/mol. The zero-order chi connectivity index (χ0) is 21.4. The fraction of sp³-hybridized carbons (Fsp3) is 0.591. The van der Waals surface area contributed by atoms with Gasteiger partial charge in [-0.15, -0.1) is 0 Å². The van der Waals surface area contributed by atoms with Crippen LogP contribution in [0.25, 0.3) is 21.9 Å². The number of thiol groups is 1. The number of pyridine rings is 1. The Morgan fingerprint density at radius 2 is 2.03 bits per heavy atom. The maximum absolute atomic E-state index is 12.2. The first-order valence-corrected chi connectivity index (χ1v) is 12.3. The highest BCUT2D eigenvalue weighted by Gasteiger charge is 2.37. The number of aromatic amines is 1. The molecule has 4 heterocycles. The molecule has 1 saturated carbocycles. The molecule has 8 nitrogen and oxygen atoms in total. The van der Waals surface area contributed by atoms with Crippen LogP contribution in [0.5, 0.6) is 0 Å². The summed E-state index contributed by atoms with van der Waals surface area (Å²) in [6.45, 7) is 2.36. The zero-order valence-electron chi connectivity index (χ0n) is 17.7. The molecule has 9 heteroatoms. The molecule has 0 aromatic carbocycles. The van der Waals surface area contributed by atoms with E-state index in [0.717, 1.165) is 72.8 Å². The van der Waals surface area contributed by atoms with Crippen molar-refractivity contribution >= 4 is 32.6 Å². The molecule has 0 spiro atoms. The number of hydrogen-bond acceptors (Lipinski definition) is 7. The van der Waals surface area contributed by atoms with Gasteiger partial charge >= 0.3 is 0 Å². The largest absolute Gasteiger partial charge is 0.384 e. The Morgan fingerprint density at radius 3 is 2.81 bits per heavy atom. The number of ether oxygens (including phenoxy) is 1. The number of rotatable bonds is 6. The van der Waals surface area contributed by atoms with Crippen LogP contribution >= 0.6 is 0 Å². The van der Waals surface area contributed by atoms with Crippen molar-refractivity contribution in [3.05, 3.63) is 30.5 Å². The highest BCUT2D eigenvalue weighted by atomic mass is 32.2. The summed E-state index contributed by atoms with van der Waals surface area (Å²) in [6.07, 6.45) is 10.0. The molecule has 1 aliphatic carbocycles. The van der Waals surface area contributed by atoms with E-state index in [-0.39, 0.29) is 11.3 Å². The highest BCUT2D eigenvalue weighted by Crippen LogP contribution is 2.41. The molecule has 2 atom stereocenters. The Labute approximate surface area is 183 Å². The van der Waals surface area contributed by atoms with Crippen LogP contribution in [0.1, 0.15) is 43.7 Å². The van der Waals surface area contributed by atoms with Gasteiger partial charge in [-0.25, -0.2) is 23.4 Å². The van der Waals surface area contributed by atoms with Crippen molar-refractivity contribution in [2.75, 3.05) is 26.8 Å².